The molecule has 0 saturated carbocycles. The van der Waals surface area contributed by atoms with E-state index in [1.807, 2.05) is 24.9 Å². The summed E-state index contributed by atoms with van der Waals surface area (Å²) in [6, 6.07) is 0.0340. The van der Waals surface area contributed by atoms with E-state index >= 15 is 0 Å². The quantitative estimate of drug-likeness (QED) is 0.370. The van der Waals surface area contributed by atoms with Gasteiger partial charge in [-0.15, -0.1) is 0 Å². The van der Waals surface area contributed by atoms with Crippen LogP contribution in [0, 0.1) is 0 Å². The fourth-order valence-corrected chi connectivity index (χ4v) is 1.46. The third-order valence-corrected chi connectivity index (χ3v) is 2.41. The molecule has 4 nitrogen and oxygen atoms in total. The predicted octanol–water partition coefficient (Wildman–Crippen LogP) is -1.59. The van der Waals surface area contributed by atoms with Gasteiger partial charge in [-0.2, -0.15) is 4.57 Å². The van der Waals surface area contributed by atoms with E-state index in [2.05, 4.69) is 6.92 Å². The number of aryl methyl sites for hydroxylation is 1. The summed E-state index contributed by atoms with van der Waals surface area (Å²) in [4.78, 5) is 13.6. The zero-order valence-corrected chi connectivity index (χ0v) is 12.3. The van der Waals surface area contributed by atoms with Crippen molar-refractivity contribution in [1.82, 2.24) is 9.47 Å². The topological polar surface area (TPSA) is 29.1 Å². The molecule has 1 amide bonds. The van der Waals surface area contributed by atoms with E-state index in [1.165, 1.54) is 12.8 Å². The SMILES string of the molecule is CCCCCN(C)C(=O)n1cc[n+](C)c1.[I-]. The number of hydrogen-bond acceptors (Lipinski definition) is 1. The van der Waals surface area contributed by atoms with Crippen LogP contribution in [0.3, 0.4) is 0 Å². The van der Waals surface area contributed by atoms with Crippen LogP contribution in [0.2, 0.25) is 0 Å². The maximum atomic E-state index is 11.8. The Balaban J connectivity index is 0.00000225. The Hall–Kier alpha value is -0.590. The first-order valence-corrected chi connectivity index (χ1v) is 5.44. The number of rotatable bonds is 4. The van der Waals surface area contributed by atoms with Crippen LogP contribution in [0.1, 0.15) is 26.2 Å². The lowest BCUT2D eigenvalue weighted by molar-refractivity contribution is -0.670. The molecule has 0 fully saturated rings. The molecule has 0 unspecified atom stereocenters. The molecule has 16 heavy (non-hydrogen) atoms. The zero-order chi connectivity index (χ0) is 11.3. The van der Waals surface area contributed by atoms with Crippen molar-refractivity contribution in [2.45, 2.75) is 26.2 Å². The molecule has 5 heteroatoms. The fourth-order valence-electron chi connectivity index (χ4n) is 1.46. The lowest BCUT2D eigenvalue weighted by atomic mass is 10.2. The van der Waals surface area contributed by atoms with Gasteiger partial charge in [-0.3, -0.25) is 0 Å². The summed E-state index contributed by atoms with van der Waals surface area (Å²) in [6.45, 7) is 2.99. The fraction of sp³-hybridized carbons (Fsp3) is 0.636. The Morgan fingerprint density at radius 2 is 2.12 bits per heavy atom. The standard InChI is InChI=1S/C11H20N3O.HI/c1-4-5-6-7-13(3)11(15)14-9-8-12(2)10-14;/h8-10H,4-7H2,1-3H3;1H/q+1;/p-1. The second-order valence-corrected chi connectivity index (χ2v) is 3.90. The molecule has 92 valence electrons. The van der Waals surface area contributed by atoms with Gasteiger partial charge in [0.05, 0.1) is 7.05 Å². The van der Waals surface area contributed by atoms with Crippen molar-refractivity contribution in [3.05, 3.63) is 18.7 Å². The summed E-state index contributed by atoms with van der Waals surface area (Å²) in [6.07, 6.45) is 8.85. The van der Waals surface area contributed by atoms with Crippen molar-refractivity contribution < 1.29 is 33.3 Å². The molecule has 0 bridgehead atoms. The van der Waals surface area contributed by atoms with Crippen LogP contribution in [0.25, 0.3) is 0 Å². The molecular weight excluding hydrogens is 317 g/mol. The minimum absolute atomic E-state index is 0. The second-order valence-electron chi connectivity index (χ2n) is 3.90. The first-order chi connectivity index (χ1) is 7.15. The van der Waals surface area contributed by atoms with Gasteiger partial charge in [0.25, 0.3) is 6.33 Å². The molecule has 0 aliphatic heterocycles. The van der Waals surface area contributed by atoms with Crippen LogP contribution in [0.5, 0.6) is 0 Å². The molecule has 0 radical (unpaired) electrons. The lowest BCUT2D eigenvalue weighted by Gasteiger charge is -2.13. The highest BCUT2D eigenvalue weighted by Gasteiger charge is 2.15. The summed E-state index contributed by atoms with van der Waals surface area (Å²) in [5.41, 5.74) is 0. The van der Waals surface area contributed by atoms with Gasteiger partial charge in [0.15, 0.2) is 0 Å². The van der Waals surface area contributed by atoms with Crippen molar-refractivity contribution in [2.75, 3.05) is 13.6 Å². The molecule has 0 N–H and O–H groups in total. The van der Waals surface area contributed by atoms with Crippen LogP contribution in [0.4, 0.5) is 4.79 Å². The van der Waals surface area contributed by atoms with Crippen LogP contribution < -0.4 is 28.5 Å². The predicted molar refractivity (Wildman–Crippen MR) is 58.6 cm³/mol. The first-order valence-electron chi connectivity index (χ1n) is 5.44. The molecule has 0 atom stereocenters. The number of halogens is 1. The normalized spacial score (nSPS) is 9.69. The molecule has 0 saturated heterocycles. The summed E-state index contributed by atoms with van der Waals surface area (Å²) in [5, 5.41) is 0. The summed E-state index contributed by atoms with van der Waals surface area (Å²) in [7, 11) is 3.75. The van der Waals surface area contributed by atoms with Gasteiger partial charge in [-0.25, -0.2) is 9.36 Å². The zero-order valence-electron chi connectivity index (χ0n) is 10.2. The smallest absolute Gasteiger partial charge is 0.415 e. The molecule has 0 spiro atoms. The van der Waals surface area contributed by atoms with Gasteiger partial charge in [0, 0.05) is 13.6 Å². The molecule has 0 aliphatic rings. The van der Waals surface area contributed by atoms with Crippen LogP contribution in [-0.2, 0) is 7.05 Å². The van der Waals surface area contributed by atoms with Crippen LogP contribution in [0.15, 0.2) is 18.7 Å². The Kier molecular flexibility index (Phi) is 7.36. The van der Waals surface area contributed by atoms with E-state index in [4.69, 9.17) is 0 Å². The number of aromatic nitrogens is 2. The Morgan fingerprint density at radius 1 is 1.44 bits per heavy atom. The van der Waals surface area contributed by atoms with E-state index in [9.17, 15) is 4.79 Å². The summed E-state index contributed by atoms with van der Waals surface area (Å²) >= 11 is 0. The van der Waals surface area contributed by atoms with Gasteiger partial charge >= 0.3 is 6.03 Å². The van der Waals surface area contributed by atoms with Gasteiger partial charge in [0.1, 0.15) is 12.4 Å². The highest BCUT2D eigenvalue weighted by atomic mass is 127. The van der Waals surface area contributed by atoms with Crippen molar-refractivity contribution in [3.63, 3.8) is 0 Å². The van der Waals surface area contributed by atoms with Crippen LogP contribution >= 0.6 is 0 Å². The molecule has 0 aromatic carbocycles. The van der Waals surface area contributed by atoms with E-state index in [0.717, 1.165) is 13.0 Å². The number of imidazole rings is 1. The highest BCUT2D eigenvalue weighted by molar-refractivity contribution is 5.76. The van der Waals surface area contributed by atoms with Crippen molar-refractivity contribution in [2.24, 2.45) is 7.05 Å². The number of amides is 1. The minimum Gasteiger partial charge on any atom is -1.00 e. The number of unbranched alkanes of at least 4 members (excludes halogenated alkanes) is 2. The number of nitrogens with zero attached hydrogens (tertiary/aromatic N) is 3. The number of hydrogen-bond donors (Lipinski definition) is 0. The second kappa shape index (κ2) is 7.65. The minimum atomic E-state index is 0. The number of carbonyl (C=O) groups is 1. The third kappa shape index (κ3) is 4.51. The summed E-state index contributed by atoms with van der Waals surface area (Å²) < 4.78 is 3.46. The average molecular weight is 337 g/mol. The first kappa shape index (κ1) is 15.4. The largest absolute Gasteiger partial charge is 1.00 e. The van der Waals surface area contributed by atoms with E-state index < -0.39 is 0 Å². The maximum Gasteiger partial charge on any atom is 0.415 e. The van der Waals surface area contributed by atoms with E-state index in [1.54, 1.807) is 22.0 Å². The van der Waals surface area contributed by atoms with Crippen molar-refractivity contribution >= 4 is 6.03 Å². The molecule has 1 aromatic heterocycles. The third-order valence-electron chi connectivity index (χ3n) is 2.41. The van der Waals surface area contributed by atoms with E-state index in [0.29, 0.717) is 0 Å². The van der Waals surface area contributed by atoms with Gasteiger partial charge in [0.2, 0.25) is 0 Å². The Morgan fingerprint density at radius 3 is 2.62 bits per heavy atom. The molecular formula is C11H20IN3O. The van der Waals surface area contributed by atoms with Gasteiger partial charge < -0.3 is 28.9 Å². The molecule has 1 rings (SSSR count). The maximum absolute atomic E-state index is 11.8. The van der Waals surface area contributed by atoms with Gasteiger partial charge in [-0.1, -0.05) is 19.8 Å². The lowest BCUT2D eigenvalue weighted by Crippen LogP contribution is -3.00. The highest BCUT2D eigenvalue weighted by Crippen LogP contribution is 1.98. The monoisotopic (exact) mass is 337 g/mol. The molecule has 1 heterocycles. The molecule has 0 aliphatic carbocycles. The Labute approximate surface area is 114 Å². The van der Waals surface area contributed by atoms with Crippen molar-refractivity contribution in [1.29, 1.82) is 0 Å². The van der Waals surface area contributed by atoms with Crippen molar-refractivity contribution in [3.8, 4) is 0 Å². The van der Waals surface area contributed by atoms with E-state index in [-0.39, 0.29) is 30.0 Å². The molecule has 1 aromatic rings. The van der Waals surface area contributed by atoms with Gasteiger partial charge in [-0.05, 0) is 6.42 Å². The summed E-state index contributed by atoms with van der Waals surface area (Å²) in [5.74, 6) is 0. The van der Waals surface area contributed by atoms with Crippen LogP contribution in [-0.4, -0.2) is 29.1 Å². The average Bonchev–Trinajstić information content (AvgIpc) is 2.64. The number of carbonyl (C=O) groups excluding carboxylic acids is 1. The Bertz CT molecular complexity index is 325.